The molecule has 0 saturated carbocycles. The van der Waals surface area contributed by atoms with Crippen LogP contribution < -0.4 is 5.32 Å². The Balaban J connectivity index is 2.30. The van der Waals surface area contributed by atoms with Gasteiger partial charge in [-0.15, -0.1) is 0 Å². The largest absolute Gasteiger partial charge is 0.464 e. The number of para-hydroxylation sites is 1. The van der Waals surface area contributed by atoms with Crippen molar-refractivity contribution >= 4 is 23.0 Å². The molecule has 0 aliphatic carbocycles. The van der Waals surface area contributed by atoms with Crippen LogP contribution in [0.2, 0.25) is 5.02 Å². The zero-order valence-corrected chi connectivity index (χ0v) is 11.3. The molecule has 0 amide bonds. The lowest BCUT2D eigenvalue weighted by Gasteiger charge is -2.14. The molecule has 1 atom stereocenters. The summed E-state index contributed by atoms with van der Waals surface area (Å²) in [7, 11) is 0. The highest BCUT2D eigenvalue weighted by Gasteiger charge is 2.19. The highest BCUT2D eigenvalue weighted by molar-refractivity contribution is 6.33. The highest BCUT2D eigenvalue weighted by atomic mass is 35.5. The number of hydrogen-bond donors (Lipinski definition) is 1. The molecule has 5 nitrogen and oxygen atoms in total. The lowest BCUT2D eigenvalue weighted by Crippen LogP contribution is -2.08. The number of aryl methyl sites for hydroxylation is 1. The topological polar surface area (TPSA) is 68.3 Å². The number of furan rings is 1. The first-order valence-corrected chi connectivity index (χ1v) is 6.12. The van der Waals surface area contributed by atoms with Crippen LogP contribution >= 0.6 is 11.6 Å². The number of nitrogens with zero attached hydrogens (tertiary/aromatic N) is 1. The summed E-state index contributed by atoms with van der Waals surface area (Å²) in [5.74, 6) is 1.49. The third-order valence-corrected chi connectivity index (χ3v) is 3.05. The quantitative estimate of drug-likeness (QED) is 0.669. The Bertz CT molecular complexity index is 610. The predicted octanol–water partition coefficient (Wildman–Crippen LogP) is 4.32. The van der Waals surface area contributed by atoms with Crippen LogP contribution in [-0.4, -0.2) is 4.92 Å². The fourth-order valence-corrected chi connectivity index (χ4v) is 2.01. The molecule has 0 bridgehead atoms. The van der Waals surface area contributed by atoms with Crippen LogP contribution in [-0.2, 0) is 0 Å². The summed E-state index contributed by atoms with van der Waals surface area (Å²) in [6.07, 6.45) is 0. The molecule has 0 aliphatic heterocycles. The van der Waals surface area contributed by atoms with Crippen LogP contribution in [0.4, 0.5) is 11.4 Å². The van der Waals surface area contributed by atoms with Crippen LogP contribution in [0.25, 0.3) is 0 Å². The SMILES string of the molecule is Cc1ccc(C(C)Nc2c(Cl)cccc2[N+](=O)[O-])o1. The summed E-state index contributed by atoms with van der Waals surface area (Å²) in [6.45, 7) is 3.69. The van der Waals surface area contributed by atoms with Gasteiger partial charge in [0.15, 0.2) is 0 Å². The van der Waals surface area contributed by atoms with Gasteiger partial charge in [-0.25, -0.2) is 0 Å². The highest BCUT2D eigenvalue weighted by Crippen LogP contribution is 2.34. The monoisotopic (exact) mass is 280 g/mol. The number of hydrogen-bond acceptors (Lipinski definition) is 4. The molecule has 2 rings (SSSR count). The molecular weight excluding hydrogens is 268 g/mol. The molecule has 0 spiro atoms. The van der Waals surface area contributed by atoms with E-state index in [9.17, 15) is 10.1 Å². The van der Waals surface area contributed by atoms with E-state index in [4.69, 9.17) is 16.0 Å². The minimum atomic E-state index is -0.464. The summed E-state index contributed by atoms with van der Waals surface area (Å²) >= 11 is 6.01. The van der Waals surface area contributed by atoms with Crippen LogP contribution in [0.1, 0.15) is 24.5 Å². The second kappa shape index (κ2) is 5.32. The molecule has 1 aromatic heterocycles. The Hall–Kier alpha value is -2.01. The molecule has 1 aromatic carbocycles. The van der Waals surface area contributed by atoms with Crippen molar-refractivity contribution in [2.75, 3.05) is 5.32 Å². The average Bonchev–Trinajstić information content (AvgIpc) is 2.78. The maximum Gasteiger partial charge on any atom is 0.293 e. The Morgan fingerprint density at radius 2 is 2.11 bits per heavy atom. The van der Waals surface area contributed by atoms with E-state index in [2.05, 4.69) is 5.32 Å². The summed E-state index contributed by atoms with van der Waals surface area (Å²) in [5.41, 5.74) is 0.248. The smallest absolute Gasteiger partial charge is 0.293 e. The van der Waals surface area contributed by atoms with E-state index in [1.54, 1.807) is 12.1 Å². The lowest BCUT2D eigenvalue weighted by molar-refractivity contribution is -0.384. The van der Waals surface area contributed by atoms with Crippen molar-refractivity contribution in [3.63, 3.8) is 0 Å². The number of nitro benzene ring substituents is 1. The number of benzene rings is 1. The molecule has 100 valence electrons. The molecule has 1 heterocycles. The molecular formula is C13H13ClN2O3. The van der Waals surface area contributed by atoms with Crippen molar-refractivity contribution in [2.45, 2.75) is 19.9 Å². The number of rotatable bonds is 4. The van der Waals surface area contributed by atoms with Gasteiger partial charge in [-0.2, -0.15) is 0 Å². The molecule has 0 fully saturated rings. The number of anilines is 1. The van der Waals surface area contributed by atoms with Crippen LogP contribution in [0.5, 0.6) is 0 Å². The molecule has 0 saturated heterocycles. The summed E-state index contributed by atoms with van der Waals surface area (Å²) < 4.78 is 5.48. The van der Waals surface area contributed by atoms with E-state index < -0.39 is 4.92 Å². The van der Waals surface area contributed by atoms with E-state index in [1.807, 2.05) is 26.0 Å². The van der Waals surface area contributed by atoms with Crippen molar-refractivity contribution in [3.05, 3.63) is 57.0 Å². The van der Waals surface area contributed by atoms with Crippen molar-refractivity contribution in [1.82, 2.24) is 0 Å². The maximum atomic E-state index is 11.0. The van der Waals surface area contributed by atoms with Gasteiger partial charge in [0, 0.05) is 6.07 Å². The average molecular weight is 281 g/mol. The van der Waals surface area contributed by atoms with Gasteiger partial charge in [0.25, 0.3) is 5.69 Å². The molecule has 1 N–H and O–H groups in total. The standard InChI is InChI=1S/C13H13ClN2O3/c1-8-6-7-12(19-8)9(2)15-13-10(14)4-3-5-11(13)16(17)18/h3-7,9,15H,1-2H3. The van der Waals surface area contributed by atoms with Gasteiger partial charge >= 0.3 is 0 Å². The van der Waals surface area contributed by atoms with Crippen molar-refractivity contribution in [1.29, 1.82) is 0 Å². The van der Waals surface area contributed by atoms with Crippen molar-refractivity contribution < 1.29 is 9.34 Å². The van der Waals surface area contributed by atoms with Gasteiger partial charge in [0.1, 0.15) is 17.2 Å². The van der Waals surface area contributed by atoms with E-state index >= 15 is 0 Å². The minimum Gasteiger partial charge on any atom is -0.464 e. The maximum absolute atomic E-state index is 11.0. The molecule has 2 aromatic rings. The fraction of sp³-hybridized carbons (Fsp3) is 0.231. The van der Waals surface area contributed by atoms with Crippen LogP contribution in [0, 0.1) is 17.0 Å². The molecule has 1 unspecified atom stereocenters. The minimum absolute atomic E-state index is 0.0531. The van der Waals surface area contributed by atoms with Gasteiger partial charge in [-0.3, -0.25) is 10.1 Å². The Kier molecular flexibility index (Phi) is 3.76. The Morgan fingerprint density at radius 3 is 2.68 bits per heavy atom. The summed E-state index contributed by atoms with van der Waals surface area (Å²) in [6, 6.07) is 8.02. The Labute approximate surface area is 115 Å². The van der Waals surface area contributed by atoms with Gasteiger partial charge in [-0.05, 0) is 32.0 Å². The molecule has 6 heteroatoms. The first-order chi connectivity index (χ1) is 8.99. The van der Waals surface area contributed by atoms with Gasteiger partial charge in [0.2, 0.25) is 0 Å². The van der Waals surface area contributed by atoms with E-state index in [-0.39, 0.29) is 11.7 Å². The number of nitrogens with one attached hydrogen (secondary N) is 1. The van der Waals surface area contributed by atoms with E-state index in [1.165, 1.54) is 6.07 Å². The fourth-order valence-electron chi connectivity index (χ4n) is 1.78. The molecule has 19 heavy (non-hydrogen) atoms. The first kappa shape index (κ1) is 13.4. The normalized spacial score (nSPS) is 12.2. The van der Waals surface area contributed by atoms with Crippen molar-refractivity contribution in [2.24, 2.45) is 0 Å². The second-order valence-electron chi connectivity index (χ2n) is 4.21. The number of halogens is 1. The lowest BCUT2D eigenvalue weighted by atomic mass is 10.2. The van der Waals surface area contributed by atoms with Gasteiger partial charge < -0.3 is 9.73 Å². The predicted molar refractivity (Wildman–Crippen MR) is 73.6 cm³/mol. The Morgan fingerprint density at radius 1 is 1.37 bits per heavy atom. The second-order valence-corrected chi connectivity index (χ2v) is 4.61. The van der Waals surface area contributed by atoms with Gasteiger partial charge in [0.05, 0.1) is 16.0 Å². The number of nitro groups is 1. The summed E-state index contributed by atoms with van der Waals surface area (Å²) in [5, 5.41) is 14.3. The third kappa shape index (κ3) is 2.88. The molecule has 0 aliphatic rings. The third-order valence-electron chi connectivity index (χ3n) is 2.74. The van der Waals surface area contributed by atoms with Gasteiger partial charge in [-0.1, -0.05) is 17.7 Å². The van der Waals surface area contributed by atoms with Crippen LogP contribution in [0.15, 0.2) is 34.7 Å². The van der Waals surface area contributed by atoms with Crippen molar-refractivity contribution in [3.8, 4) is 0 Å². The first-order valence-electron chi connectivity index (χ1n) is 5.75. The van der Waals surface area contributed by atoms with E-state index in [0.29, 0.717) is 16.5 Å². The van der Waals surface area contributed by atoms with E-state index in [0.717, 1.165) is 5.76 Å². The molecule has 0 radical (unpaired) electrons. The zero-order valence-electron chi connectivity index (χ0n) is 10.5. The van der Waals surface area contributed by atoms with Crippen LogP contribution in [0.3, 0.4) is 0 Å². The zero-order chi connectivity index (χ0) is 14.0. The summed E-state index contributed by atoms with van der Waals surface area (Å²) in [4.78, 5) is 10.5.